The molecule has 27 heavy (non-hydrogen) atoms. The van der Waals surface area contributed by atoms with E-state index in [1.54, 1.807) is 0 Å². The highest BCUT2D eigenvalue weighted by molar-refractivity contribution is 5.77. The highest BCUT2D eigenvalue weighted by Gasteiger charge is 2.03. The fourth-order valence-corrected chi connectivity index (χ4v) is 3.99. The molecule has 0 saturated heterocycles. The SMILES string of the molecule is CCCCCCCCCCCCCCCCCCc1cccc2[nH]nnc12. The van der Waals surface area contributed by atoms with Crippen LogP contribution < -0.4 is 0 Å². The summed E-state index contributed by atoms with van der Waals surface area (Å²) in [6.07, 6.45) is 23.8. The fraction of sp³-hybridized carbons (Fsp3) is 0.750. The molecule has 0 atom stereocenters. The summed E-state index contributed by atoms with van der Waals surface area (Å²) in [6, 6.07) is 6.34. The van der Waals surface area contributed by atoms with Gasteiger partial charge in [-0.2, -0.15) is 0 Å². The first-order valence-electron chi connectivity index (χ1n) is 11.7. The number of benzene rings is 1. The maximum absolute atomic E-state index is 4.21. The van der Waals surface area contributed by atoms with Gasteiger partial charge in [0.15, 0.2) is 0 Å². The van der Waals surface area contributed by atoms with Crippen LogP contribution in [0.1, 0.15) is 115 Å². The van der Waals surface area contributed by atoms with E-state index in [0.29, 0.717) is 0 Å². The van der Waals surface area contributed by atoms with Gasteiger partial charge in [-0.3, -0.25) is 5.10 Å². The maximum atomic E-state index is 4.21. The lowest BCUT2D eigenvalue weighted by Gasteiger charge is -2.04. The zero-order valence-corrected chi connectivity index (χ0v) is 17.6. The van der Waals surface area contributed by atoms with E-state index >= 15 is 0 Å². The molecule has 3 nitrogen and oxygen atoms in total. The van der Waals surface area contributed by atoms with E-state index in [-0.39, 0.29) is 0 Å². The van der Waals surface area contributed by atoms with E-state index in [9.17, 15) is 0 Å². The van der Waals surface area contributed by atoms with Crippen molar-refractivity contribution >= 4 is 11.0 Å². The summed E-state index contributed by atoms with van der Waals surface area (Å²) >= 11 is 0. The molecule has 0 saturated carbocycles. The second kappa shape index (κ2) is 14.6. The van der Waals surface area contributed by atoms with Crippen molar-refractivity contribution in [2.24, 2.45) is 0 Å². The number of rotatable bonds is 17. The number of unbranched alkanes of at least 4 members (excludes halogenated alkanes) is 15. The molecule has 2 aromatic rings. The van der Waals surface area contributed by atoms with E-state index < -0.39 is 0 Å². The molecule has 0 amide bonds. The third-order valence-corrected chi connectivity index (χ3v) is 5.74. The van der Waals surface area contributed by atoms with Gasteiger partial charge >= 0.3 is 0 Å². The van der Waals surface area contributed by atoms with Gasteiger partial charge in [0.2, 0.25) is 0 Å². The average molecular weight is 372 g/mol. The Morgan fingerprint density at radius 2 is 1.19 bits per heavy atom. The van der Waals surface area contributed by atoms with Gasteiger partial charge in [-0.05, 0) is 24.5 Å². The largest absolute Gasteiger partial charge is 0.258 e. The third-order valence-electron chi connectivity index (χ3n) is 5.74. The van der Waals surface area contributed by atoms with E-state index in [2.05, 4.69) is 34.5 Å². The lowest BCUT2D eigenvalue weighted by molar-refractivity contribution is 0.529. The topological polar surface area (TPSA) is 41.6 Å². The predicted molar refractivity (Wildman–Crippen MR) is 117 cm³/mol. The Labute approximate surface area is 166 Å². The van der Waals surface area contributed by atoms with E-state index in [1.165, 1.54) is 108 Å². The number of nitrogens with one attached hydrogen (secondary N) is 1. The summed E-state index contributed by atoms with van der Waals surface area (Å²) in [7, 11) is 0. The maximum Gasteiger partial charge on any atom is 0.116 e. The minimum absolute atomic E-state index is 1.05. The molecule has 0 radical (unpaired) electrons. The monoisotopic (exact) mass is 371 g/mol. The molecule has 0 aliphatic heterocycles. The standard InChI is InChI=1S/C24H41N3/c1-2-3-4-5-6-7-8-9-10-11-12-13-14-15-16-17-19-22-20-18-21-23-24(22)26-27-25-23/h18,20-21H,2-17,19H2,1H3,(H,25,26,27). The summed E-state index contributed by atoms with van der Waals surface area (Å²) in [5.74, 6) is 0. The van der Waals surface area contributed by atoms with Crippen molar-refractivity contribution in [2.45, 2.75) is 116 Å². The summed E-state index contributed by atoms with van der Waals surface area (Å²) in [5.41, 5.74) is 3.45. The van der Waals surface area contributed by atoms with Crippen LogP contribution in [-0.2, 0) is 6.42 Å². The van der Waals surface area contributed by atoms with Gasteiger partial charge < -0.3 is 0 Å². The summed E-state index contributed by atoms with van der Waals surface area (Å²) < 4.78 is 0. The number of fused-ring (bicyclic) bond motifs is 1. The molecule has 2 rings (SSSR count). The Hall–Kier alpha value is -1.38. The molecule has 0 bridgehead atoms. The van der Waals surface area contributed by atoms with Crippen molar-refractivity contribution in [2.75, 3.05) is 0 Å². The van der Waals surface area contributed by atoms with Crippen LogP contribution in [0.25, 0.3) is 11.0 Å². The van der Waals surface area contributed by atoms with Gasteiger partial charge in [0.1, 0.15) is 5.52 Å². The summed E-state index contributed by atoms with van der Waals surface area (Å²) in [6.45, 7) is 2.29. The van der Waals surface area contributed by atoms with E-state index in [1.807, 2.05) is 6.07 Å². The number of aryl methyl sites for hydroxylation is 1. The summed E-state index contributed by atoms with van der Waals surface area (Å²) in [4.78, 5) is 0. The van der Waals surface area contributed by atoms with Gasteiger partial charge in [0, 0.05) is 0 Å². The Kier molecular flexibility index (Phi) is 11.9. The molecule has 0 aliphatic carbocycles. The third kappa shape index (κ3) is 9.39. The highest BCUT2D eigenvalue weighted by atomic mass is 15.3. The van der Waals surface area contributed by atoms with Gasteiger partial charge in [-0.25, -0.2) is 0 Å². The number of aromatic amines is 1. The zero-order chi connectivity index (χ0) is 19.0. The molecule has 152 valence electrons. The van der Waals surface area contributed by atoms with Crippen LogP contribution >= 0.6 is 0 Å². The highest BCUT2D eigenvalue weighted by Crippen LogP contribution is 2.17. The predicted octanol–water partition coefficient (Wildman–Crippen LogP) is 7.76. The molecule has 1 heterocycles. The van der Waals surface area contributed by atoms with Crippen molar-refractivity contribution in [3.05, 3.63) is 23.8 Å². The number of hydrogen-bond donors (Lipinski definition) is 1. The van der Waals surface area contributed by atoms with Gasteiger partial charge in [0.05, 0.1) is 5.52 Å². The van der Waals surface area contributed by atoms with Gasteiger partial charge in [-0.15, -0.1) is 5.10 Å². The van der Waals surface area contributed by atoms with Crippen LogP contribution in [0.5, 0.6) is 0 Å². The first kappa shape index (κ1) is 21.9. The molecule has 3 heteroatoms. The van der Waals surface area contributed by atoms with Crippen LogP contribution in [0.15, 0.2) is 18.2 Å². The van der Waals surface area contributed by atoms with Crippen LogP contribution in [0.4, 0.5) is 0 Å². The normalized spacial score (nSPS) is 11.4. The smallest absolute Gasteiger partial charge is 0.116 e. The molecular weight excluding hydrogens is 330 g/mol. The average Bonchev–Trinajstić information content (AvgIpc) is 3.17. The minimum Gasteiger partial charge on any atom is -0.258 e. The second-order valence-electron chi connectivity index (χ2n) is 8.18. The molecule has 0 unspecified atom stereocenters. The fourth-order valence-electron chi connectivity index (χ4n) is 3.99. The first-order chi connectivity index (χ1) is 13.4. The molecule has 1 aromatic heterocycles. The van der Waals surface area contributed by atoms with Crippen LogP contribution in [-0.4, -0.2) is 15.4 Å². The number of aromatic nitrogens is 3. The Morgan fingerprint density at radius 1 is 0.667 bits per heavy atom. The van der Waals surface area contributed by atoms with Crippen LogP contribution in [0, 0.1) is 0 Å². The molecule has 0 fully saturated rings. The van der Waals surface area contributed by atoms with Crippen molar-refractivity contribution in [3.8, 4) is 0 Å². The number of hydrogen-bond acceptors (Lipinski definition) is 2. The van der Waals surface area contributed by atoms with Crippen LogP contribution in [0.2, 0.25) is 0 Å². The zero-order valence-electron chi connectivity index (χ0n) is 17.6. The van der Waals surface area contributed by atoms with Crippen molar-refractivity contribution in [1.29, 1.82) is 0 Å². The number of H-pyrrole nitrogens is 1. The van der Waals surface area contributed by atoms with Gasteiger partial charge in [-0.1, -0.05) is 121 Å². The molecule has 0 aliphatic rings. The molecular formula is C24H41N3. The molecule has 0 spiro atoms. The van der Waals surface area contributed by atoms with Crippen molar-refractivity contribution < 1.29 is 0 Å². The van der Waals surface area contributed by atoms with Crippen LogP contribution in [0.3, 0.4) is 0 Å². The summed E-state index contributed by atoms with van der Waals surface area (Å²) in [5, 5.41) is 11.1. The Morgan fingerprint density at radius 3 is 1.74 bits per heavy atom. The first-order valence-corrected chi connectivity index (χ1v) is 11.7. The Balaban J connectivity index is 1.34. The minimum atomic E-state index is 1.05. The number of nitrogens with zero attached hydrogens (tertiary/aromatic N) is 2. The quantitative estimate of drug-likeness (QED) is 0.289. The molecule has 1 aromatic carbocycles. The van der Waals surface area contributed by atoms with E-state index in [4.69, 9.17) is 0 Å². The van der Waals surface area contributed by atoms with Gasteiger partial charge in [0.25, 0.3) is 0 Å². The van der Waals surface area contributed by atoms with Crippen molar-refractivity contribution in [3.63, 3.8) is 0 Å². The Bertz CT molecular complexity index is 590. The second-order valence-corrected chi connectivity index (χ2v) is 8.18. The van der Waals surface area contributed by atoms with E-state index in [0.717, 1.165) is 17.5 Å². The van der Waals surface area contributed by atoms with Crippen molar-refractivity contribution in [1.82, 2.24) is 15.4 Å². The lowest BCUT2D eigenvalue weighted by atomic mass is 10.0. The molecule has 1 N–H and O–H groups in total. The lowest BCUT2D eigenvalue weighted by Crippen LogP contribution is -1.88.